The van der Waals surface area contributed by atoms with Crippen molar-refractivity contribution in [3.63, 3.8) is 0 Å². The standard InChI is InChI=1S/C11H21NO/c1-4-8-11(13)9-7-10-12(5-2)6-3/h11,13H,4-6,8,10H2,1-3H3/t11-/m0/s1. The lowest BCUT2D eigenvalue weighted by Gasteiger charge is -2.13. The molecule has 0 aromatic rings. The molecule has 0 rings (SSSR count). The zero-order valence-corrected chi connectivity index (χ0v) is 9.01. The number of rotatable bonds is 5. The molecule has 0 aliphatic carbocycles. The third-order valence-corrected chi connectivity index (χ3v) is 2.03. The predicted molar refractivity (Wildman–Crippen MR) is 56.5 cm³/mol. The molecule has 76 valence electrons. The highest BCUT2D eigenvalue weighted by molar-refractivity contribution is 5.05. The third-order valence-electron chi connectivity index (χ3n) is 2.03. The van der Waals surface area contributed by atoms with E-state index in [0.29, 0.717) is 0 Å². The quantitative estimate of drug-likeness (QED) is 0.653. The average Bonchev–Trinajstić information content (AvgIpc) is 2.13. The number of hydrogen-bond acceptors (Lipinski definition) is 2. The first-order chi connectivity index (χ1) is 6.24. The highest BCUT2D eigenvalue weighted by Crippen LogP contribution is 1.93. The lowest BCUT2D eigenvalue weighted by Crippen LogP contribution is -2.23. The van der Waals surface area contributed by atoms with Gasteiger partial charge in [-0.1, -0.05) is 39.0 Å². The van der Waals surface area contributed by atoms with E-state index in [9.17, 15) is 5.11 Å². The van der Waals surface area contributed by atoms with Crippen molar-refractivity contribution >= 4 is 0 Å². The minimum Gasteiger partial charge on any atom is -0.380 e. The minimum atomic E-state index is -0.430. The summed E-state index contributed by atoms with van der Waals surface area (Å²) < 4.78 is 0. The summed E-state index contributed by atoms with van der Waals surface area (Å²) in [5.41, 5.74) is 0. The van der Waals surface area contributed by atoms with Gasteiger partial charge in [0, 0.05) is 0 Å². The maximum atomic E-state index is 9.32. The van der Waals surface area contributed by atoms with Gasteiger partial charge in [-0.2, -0.15) is 0 Å². The van der Waals surface area contributed by atoms with E-state index < -0.39 is 6.10 Å². The molecular weight excluding hydrogens is 162 g/mol. The Balaban J connectivity index is 3.69. The highest BCUT2D eigenvalue weighted by atomic mass is 16.3. The minimum absolute atomic E-state index is 0.430. The Kier molecular flexibility index (Phi) is 7.77. The van der Waals surface area contributed by atoms with Gasteiger partial charge in [0.05, 0.1) is 6.54 Å². The summed E-state index contributed by atoms with van der Waals surface area (Å²) in [6.45, 7) is 9.11. The first-order valence-corrected chi connectivity index (χ1v) is 5.13. The molecule has 0 fully saturated rings. The molecule has 1 N–H and O–H groups in total. The van der Waals surface area contributed by atoms with E-state index in [1.54, 1.807) is 0 Å². The predicted octanol–water partition coefficient (Wildman–Crippen LogP) is 1.49. The molecule has 0 amide bonds. The second-order valence-electron chi connectivity index (χ2n) is 3.09. The Hall–Kier alpha value is -0.520. The molecule has 0 spiro atoms. The van der Waals surface area contributed by atoms with Gasteiger partial charge in [0.25, 0.3) is 0 Å². The van der Waals surface area contributed by atoms with Crippen molar-refractivity contribution in [2.24, 2.45) is 0 Å². The van der Waals surface area contributed by atoms with Crippen LogP contribution in [0.2, 0.25) is 0 Å². The van der Waals surface area contributed by atoms with Gasteiger partial charge in [-0.05, 0) is 19.5 Å². The van der Waals surface area contributed by atoms with Crippen LogP contribution < -0.4 is 0 Å². The zero-order valence-electron chi connectivity index (χ0n) is 9.01. The van der Waals surface area contributed by atoms with Gasteiger partial charge < -0.3 is 5.11 Å². The van der Waals surface area contributed by atoms with Crippen LogP contribution in [0.4, 0.5) is 0 Å². The summed E-state index contributed by atoms with van der Waals surface area (Å²) in [6, 6.07) is 0. The Labute approximate surface area is 81.9 Å². The van der Waals surface area contributed by atoms with E-state index >= 15 is 0 Å². The largest absolute Gasteiger partial charge is 0.380 e. The van der Waals surface area contributed by atoms with Crippen LogP contribution in [0, 0.1) is 11.8 Å². The van der Waals surface area contributed by atoms with Crippen molar-refractivity contribution < 1.29 is 5.11 Å². The molecule has 0 heterocycles. The molecule has 0 saturated heterocycles. The van der Waals surface area contributed by atoms with Crippen LogP contribution in [0.5, 0.6) is 0 Å². The van der Waals surface area contributed by atoms with Crippen molar-refractivity contribution in [3.05, 3.63) is 0 Å². The number of aliphatic hydroxyl groups excluding tert-OH is 1. The van der Waals surface area contributed by atoms with E-state index in [2.05, 4.69) is 37.5 Å². The van der Waals surface area contributed by atoms with E-state index in [-0.39, 0.29) is 0 Å². The van der Waals surface area contributed by atoms with Gasteiger partial charge in [0.15, 0.2) is 0 Å². The van der Waals surface area contributed by atoms with Crippen LogP contribution in [-0.4, -0.2) is 35.7 Å². The van der Waals surface area contributed by atoms with Crippen molar-refractivity contribution in [2.75, 3.05) is 19.6 Å². The molecular formula is C11H21NO. The lowest BCUT2D eigenvalue weighted by atomic mass is 10.2. The van der Waals surface area contributed by atoms with E-state index in [0.717, 1.165) is 32.5 Å². The molecule has 0 bridgehead atoms. The van der Waals surface area contributed by atoms with Gasteiger partial charge in [-0.15, -0.1) is 0 Å². The molecule has 13 heavy (non-hydrogen) atoms. The van der Waals surface area contributed by atoms with Crippen molar-refractivity contribution in [2.45, 2.75) is 39.7 Å². The van der Waals surface area contributed by atoms with E-state index in [4.69, 9.17) is 0 Å². The Bertz CT molecular complexity index is 165. The number of nitrogens with zero attached hydrogens (tertiary/aromatic N) is 1. The van der Waals surface area contributed by atoms with Gasteiger partial charge in [0.1, 0.15) is 6.10 Å². The SMILES string of the molecule is CCC[C@H](O)C#CCN(CC)CC. The van der Waals surface area contributed by atoms with Crippen LogP contribution in [0.3, 0.4) is 0 Å². The topological polar surface area (TPSA) is 23.5 Å². The lowest BCUT2D eigenvalue weighted by molar-refractivity contribution is 0.220. The maximum absolute atomic E-state index is 9.32. The van der Waals surface area contributed by atoms with Gasteiger partial charge in [-0.3, -0.25) is 4.90 Å². The zero-order chi connectivity index (χ0) is 10.1. The van der Waals surface area contributed by atoms with Crippen molar-refractivity contribution in [3.8, 4) is 11.8 Å². The summed E-state index contributed by atoms with van der Waals surface area (Å²) >= 11 is 0. The Morgan fingerprint density at radius 1 is 1.23 bits per heavy atom. The summed E-state index contributed by atoms with van der Waals surface area (Å²) in [4.78, 5) is 2.23. The average molecular weight is 183 g/mol. The second kappa shape index (κ2) is 8.10. The molecule has 0 aliphatic heterocycles. The normalized spacial score (nSPS) is 12.4. The Morgan fingerprint density at radius 3 is 2.31 bits per heavy atom. The molecule has 2 nitrogen and oxygen atoms in total. The van der Waals surface area contributed by atoms with Crippen LogP contribution in [0.15, 0.2) is 0 Å². The Morgan fingerprint density at radius 2 is 1.85 bits per heavy atom. The summed E-state index contributed by atoms with van der Waals surface area (Å²) in [5, 5.41) is 9.32. The van der Waals surface area contributed by atoms with Crippen LogP contribution in [0.25, 0.3) is 0 Å². The van der Waals surface area contributed by atoms with Crippen LogP contribution in [-0.2, 0) is 0 Å². The smallest absolute Gasteiger partial charge is 0.114 e. The van der Waals surface area contributed by atoms with Crippen LogP contribution in [0.1, 0.15) is 33.6 Å². The number of hydrogen-bond donors (Lipinski definition) is 1. The molecule has 0 aromatic carbocycles. The third kappa shape index (κ3) is 6.62. The molecule has 2 heteroatoms. The maximum Gasteiger partial charge on any atom is 0.114 e. The van der Waals surface area contributed by atoms with Crippen LogP contribution >= 0.6 is 0 Å². The second-order valence-corrected chi connectivity index (χ2v) is 3.09. The summed E-state index contributed by atoms with van der Waals surface area (Å²) in [7, 11) is 0. The van der Waals surface area contributed by atoms with Crippen molar-refractivity contribution in [1.82, 2.24) is 4.90 Å². The van der Waals surface area contributed by atoms with E-state index in [1.807, 2.05) is 0 Å². The fourth-order valence-electron chi connectivity index (χ4n) is 1.07. The van der Waals surface area contributed by atoms with Gasteiger partial charge in [-0.25, -0.2) is 0 Å². The number of aliphatic hydroxyl groups is 1. The monoisotopic (exact) mass is 183 g/mol. The summed E-state index contributed by atoms with van der Waals surface area (Å²) in [5.74, 6) is 5.84. The highest BCUT2D eigenvalue weighted by Gasteiger charge is 1.96. The van der Waals surface area contributed by atoms with Crippen molar-refractivity contribution in [1.29, 1.82) is 0 Å². The molecule has 0 saturated carbocycles. The van der Waals surface area contributed by atoms with Gasteiger partial charge in [0.2, 0.25) is 0 Å². The molecule has 0 radical (unpaired) electrons. The fourth-order valence-corrected chi connectivity index (χ4v) is 1.07. The molecule has 1 atom stereocenters. The summed E-state index contributed by atoms with van der Waals surface area (Å²) in [6.07, 6.45) is 1.34. The van der Waals surface area contributed by atoms with E-state index in [1.165, 1.54) is 0 Å². The molecule has 0 aromatic heterocycles. The first-order valence-electron chi connectivity index (χ1n) is 5.13. The molecule has 0 unspecified atom stereocenters. The first kappa shape index (κ1) is 12.5. The fraction of sp³-hybridized carbons (Fsp3) is 0.818. The molecule has 0 aliphatic rings. The van der Waals surface area contributed by atoms with Gasteiger partial charge >= 0.3 is 0 Å².